The van der Waals surface area contributed by atoms with E-state index in [4.69, 9.17) is 23.7 Å². The number of aliphatic hydroxyl groups is 11. The Bertz CT molecular complexity index is 2080. The zero-order valence-corrected chi connectivity index (χ0v) is 47.6. The summed E-state index contributed by atoms with van der Waals surface area (Å²) in [5.41, 5.74) is 0. The minimum absolute atomic E-state index is 0.0750. The molecule has 0 aromatic heterocycles. The molecular weight excluding hydrogens is 1060 g/mol. The van der Waals surface area contributed by atoms with Crippen LogP contribution in [-0.2, 0) is 38.1 Å². The molecule has 460 valence electrons. The van der Waals surface area contributed by atoms with E-state index in [1.54, 1.807) is 80.5 Å². The van der Waals surface area contributed by atoms with Gasteiger partial charge >= 0.3 is 5.97 Å². The van der Waals surface area contributed by atoms with Gasteiger partial charge in [0.25, 0.3) is 0 Å². The van der Waals surface area contributed by atoms with Gasteiger partial charge in [-0.05, 0) is 40.2 Å². The highest BCUT2D eigenvalue weighted by atomic mass is 16.7. The minimum atomic E-state index is -2.33. The number of amides is 2. The number of aliphatic hydroxyl groups excluding tert-OH is 10. The molecule has 0 spiro atoms. The van der Waals surface area contributed by atoms with E-state index in [0.717, 1.165) is 0 Å². The van der Waals surface area contributed by atoms with Crippen LogP contribution in [0.2, 0.25) is 0 Å². The Morgan fingerprint density at radius 3 is 1.94 bits per heavy atom. The standard InChI is InChI=1S/C58H94N4O19/c1-37-18-16-14-12-10-8-6-7-9-11-13-15-17-19-44(80-57-55(74)52(54(73)40(4)79-57)60-49(70)36-77-29-22-59-5)33-48-51(56(75)62-25-23-61(24-26-62)27-28-63)47(69)35-58(76,81-48)34-43(66)31-46(68)45(67)21-20-41(64)30-42(65)32-50(71)78-39(3)38(2)53(37)72/h6-19,37-48,51-55,57,59,63-69,72-74,76H,20-36H2,1-5H3,(H,60,70)/b7-6-,10-8-,11-9-,14-12-,15-13-,18-16-,19-17+/t37-,38-,39-,40+,41+,42+,43-,44-,45+,46+,47-,48-,51+,52-,53+,54+,55-,57-,58+/m0/s1. The number of esters is 1. The summed E-state index contributed by atoms with van der Waals surface area (Å²) < 4.78 is 29.7. The maximum atomic E-state index is 14.6. The number of likely N-dealkylation sites (N-methyl/N-ethyl adjacent to an activating group) is 1. The first-order valence-corrected chi connectivity index (χ1v) is 28.4. The second-order valence-corrected chi connectivity index (χ2v) is 21.8. The molecule has 3 fully saturated rings. The van der Waals surface area contributed by atoms with Gasteiger partial charge in [0.1, 0.15) is 24.9 Å². The van der Waals surface area contributed by atoms with Crippen LogP contribution in [0.25, 0.3) is 0 Å². The van der Waals surface area contributed by atoms with Crippen LogP contribution in [0.5, 0.6) is 0 Å². The van der Waals surface area contributed by atoms with E-state index in [1.807, 2.05) is 42.2 Å². The van der Waals surface area contributed by atoms with Crippen molar-refractivity contribution in [1.82, 2.24) is 20.4 Å². The van der Waals surface area contributed by atoms with E-state index in [-0.39, 0.29) is 64.5 Å². The topological polar surface area (TPSA) is 350 Å². The number of allylic oxidation sites excluding steroid dienone is 12. The lowest BCUT2D eigenvalue weighted by Crippen LogP contribution is -2.64. The van der Waals surface area contributed by atoms with Crippen LogP contribution >= 0.6 is 0 Å². The summed E-state index contributed by atoms with van der Waals surface area (Å²) in [5, 5.41) is 128. The highest BCUT2D eigenvalue weighted by Gasteiger charge is 2.52. The van der Waals surface area contributed by atoms with Crippen LogP contribution in [0, 0.1) is 17.8 Å². The van der Waals surface area contributed by atoms with Crippen molar-refractivity contribution in [3.05, 3.63) is 85.1 Å². The molecule has 0 aromatic rings. The lowest BCUT2D eigenvalue weighted by atomic mass is 9.81. The number of ether oxygens (including phenoxy) is 5. The molecule has 2 bridgehead atoms. The quantitative estimate of drug-likeness (QED) is 0.0886. The Labute approximate surface area is 476 Å². The SMILES string of the molecule is CNCCOCC(=O)N[C@@H]1[C@H](O)[C@H](O[C@H]2/C=C/C=C\C=C/C=C\C=C/C=C\C=C/[C@H](C)[C@@H](O)[C@@H](C)[C@H](C)OC(=O)C[C@H](O)C[C@H](O)CC[C@@H](O)[C@H](O)C[C@H](O)C[C@]3(O)C[C@H](O)[C@@H](C(=O)N4CCN(CCO)CC4)[C@H](C2)O3)O[C@H](C)[C@H]1O. The summed E-state index contributed by atoms with van der Waals surface area (Å²) in [6.45, 7) is 8.80. The van der Waals surface area contributed by atoms with Crippen LogP contribution in [0.4, 0.5) is 0 Å². The second kappa shape index (κ2) is 35.9. The Morgan fingerprint density at radius 2 is 1.32 bits per heavy atom. The summed E-state index contributed by atoms with van der Waals surface area (Å²) in [4.78, 5) is 43.8. The van der Waals surface area contributed by atoms with Gasteiger partial charge in [-0.2, -0.15) is 0 Å². The monoisotopic (exact) mass is 1150 g/mol. The molecule has 0 saturated carbocycles. The predicted molar refractivity (Wildman–Crippen MR) is 298 cm³/mol. The number of hydrogen-bond acceptors (Lipinski definition) is 21. The van der Waals surface area contributed by atoms with E-state index < -0.39 is 153 Å². The third-order valence-corrected chi connectivity index (χ3v) is 15.1. The van der Waals surface area contributed by atoms with Crippen LogP contribution in [0.1, 0.15) is 79.1 Å². The maximum absolute atomic E-state index is 14.6. The van der Waals surface area contributed by atoms with Crippen molar-refractivity contribution in [3.8, 4) is 0 Å². The molecule has 0 unspecified atom stereocenters. The molecule has 3 saturated heterocycles. The number of fused-ring (bicyclic) bond motifs is 2. The molecule has 2 amide bonds. The van der Waals surface area contributed by atoms with Crippen molar-refractivity contribution < 1.29 is 94.2 Å². The van der Waals surface area contributed by atoms with Crippen molar-refractivity contribution in [2.75, 3.05) is 66.1 Å². The van der Waals surface area contributed by atoms with E-state index in [2.05, 4.69) is 10.6 Å². The van der Waals surface area contributed by atoms with Crippen LogP contribution in [0.3, 0.4) is 0 Å². The summed E-state index contributed by atoms with van der Waals surface area (Å²) in [7, 11) is 1.72. The van der Waals surface area contributed by atoms with Crippen molar-refractivity contribution in [2.45, 2.75) is 177 Å². The molecule has 0 aliphatic carbocycles. The molecule has 4 aliphatic rings. The fraction of sp³-hybridized carbons (Fsp3) is 0.707. The number of cyclic esters (lactones) is 1. The molecule has 0 radical (unpaired) electrons. The first kappa shape index (κ1) is 69.4. The number of rotatable bonds is 11. The van der Waals surface area contributed by atoms with Crippen LogP contribution in [0.15, 0.2) is 85.1 Å². The fourth-order valence-electron chi connectivity index (χ4n) is 10.2. The van der Waals surface area contributed by atoms with Gasteiger partial charge in [-0.15, -0.1) is 0 Å². The smallest absolute Gasteiger partial charge is 0.308 e. The first-order valence-electron chi connectivity index (χ1n) is 28.4. The van der Waals surface area contributed by atoms with E-state index >= 15 is 0 Å². The van der Waals surface area contributed by atoms with Crippen LogP contribution in [-0.4, -0.2) is 247 Å². The molecule has 81 heavy (non-hydrogen) atoms. The number of carbonyl (C=O) groups excluding carboxylic acids is 3. The molecule has 4 heterocycles. The predicted octanol–water partition coefficient (Wildman–Crippen LogP) is -0.843. The third kappa shape index (κ3) is 23.8. The van der Waals surface area contributed by atoms with Crippen molar-refractivity contribution in [3.63, 3.8) is 0 Å². The number of piperazine rings is 1. The largest absolute Gasteiger partial charge is 0.462 e. The van der Waals surface area contributed by atoms with Crippen molar-refractivity contribution in [1.29, 1.82) is 0 Å². The first-order chi connectivity index (χ1) is 38.6. The van der Waals surface area contributed by atoms with Crippen molar-refractivity contribution in [2.24, 2.45) is 17.8 Å². The van der Waals surface area contributed by atoms with Gasteiger partial charge in [0.05, 0.1) is 92.6 Å². The zero-order chi connectivity index (χ0) is 59.6. The molecule has 0 aromatic carbocycles. The van der Waals surface area contributed by atoms with E-state index in [9.17, 15) is 70.6 Å². The minimum Gasteiger partial charge on any atom is -0.462 e. The van der Waals surface area contributed by atoms with Crippen molar-refractivity contribution >= 4 is 17.8 Å². The second-order valence-electron chi connectivity index (χ2n) is 21.8. The van der Waals surface area contributed by atoms with Gasteiger partial charge in [0, 0.05) is 76.8 Å². The van der Waals surface area contributed by atoms with Gasteiger partial charge in [-0.25, -0.2) is 0 Å². The Balaban J connectivity index is 1.66. The molecule has 19 atom stereocenters. The van der Waals surface area contributed by atoms with Gasteiger partial charge < -0.3 is 95.4 Å². The van der Waals surface area contributed by atoms with Gasteiger partial charge in [-0.3, -0.25) is 19.3 Å². The maximum Gasteiger partial charge on any atom is 0.308 e. The number of hydrogen-bond donors (Lipinski definition) is 13. The van der Waals surface area contributed by atoms with Crippen LogP contribution < -0.4 is 10.6 Å². The summed E-state index contributed by atoms with van der Waals surface area (Å²) >= 11 is 0. The molecule has 4 rings (SSSR count). The highest BCUT2D eigenvalue weighted by molar-refractivity contribution is 5.80. The molecule has 23 heteroatoms. The number of nitrogens with zero attached hydrogens (tertiary/aromatic N) is 2. The fourth-order valence-corrected chi connectivity index (χ4v) is 10.2. The Kier molecular flexibility index (Phi) is 30.8. The lowest BCUT2D eigenvalue weighted by Gasteiger charge is -2.47. The third-order valence-electron chi connectivity index (χ3n) is 15.1. The molecular formula is C58H94N4O19. The van der Waals surface area contributed by atoms with Gasteiger partial charge in [0.2, 0.25) is 11.8 Å². The number of β-amino-alcohol motifs (C(OH)–C–C–N with tert-alkyl or cyclic N) is 1. The summed E-state index contributed by atoms with van der Waals surface area (Å²) in [5.74, 6) is -6.26. The average molecular weight is 1150 g/mol. The molecule has 23 nitrogen and oxygen atoms in total. The summed E-state index contributed by atoms with van der Waals surface area (Å²) in [6, 6.07) is -1.28. The Morgan fingerprint density at radius 1 is 0.704 bits per heavy atom. The van der Waals surface area contributed by atoms with E-state index in [1.165, 1.54) is 6.92 Å². The van der Waals surface area contributed by atoms with E-state index in [0.29, 0.717) is 26.2 Å². The normalized spacial score (nSPS) is 40.2. The zero-order valence-electron chi connectivity index (χ0n) is 47.6. The average Bonchev–Trinajstić information content (AvgIpc) is 3.54. The summed E-state index contributed by atoms with van der Waals surface area (Å²) in [6.07, 6.45) is 3.28. The molecule has 13 N–H and O–H groups in total. The van der Waals surface area contributed by atoms with Gasteiger partial charge in [0.15, 0.2) is 12.1 Å². The Hall–Kier alpha value is -4.09. The number of carbonyl (C=O) groups is 3. The highest BCUT2D eigenvalue weighted by Crippen LogP contribution is 2.39. The lowest BCUT2D eigenvalue weighted by molar-refractivity contribution is -0.308. The van der Waals surface area contributed by atoms with Gasteiger partial charge in [-0.1, -0.05) is 98.9 Å². The number of nitrogens with one attached hydrogen (secondary N) is 2. The molecule has 4 aliphatic heterocycles.